The van der Waals surface area contributed by atoms with Gasteiger partial charge in [0.2, 0.25) is 0 Å². The Morgan fingerprint density at radius 2 is 1.44 bits per heavy atom. The van der Waals surface area contributed by atoms with Crippen molar-refractivity contribution < 1.29 is 10.4 Å². The molecule has 0 aromatic heterocycles. The van der Waals surface area contributed by atoms with E-state index in [-0.39, 0.29) is 0 Å². The summed E-state index contributed by atoms with van der Waals surface area (Å²) in [7, 11) is 4.28. The van der Waals surface area contributed by atoms with Gasteiger partial charge < -0.3 is 0 Å². The van der Waals surface area contributed by atoms with Crippen molar-refractivity contribution in [2.45, 2.75) is 0 Å². The lowest BCUT2D eigenvalue weighted by atomic mass is 11.3. The average Bonchev–Trinajstić information content (AvgIpc) is 1.64. The molecule has 0 heterocycles. The second-order valence-electron chi connectivity index (χ2n) is 1.49. The monoisotopic (exact) mass is 136 g/mol. The number of hydrogen-bond acceptors (Lipinski definition) is 6. The third kappa shape index (κ3) is 2.70. The largest absolute Gasteiger partial charge is 0.297 e. The number of nitrogens with one attached hydrogen (secondary N) is 1. The van der Waals surface area contributed by atoms with Gasteiger partial charge in [-0.2, -0.15) is 0 Å². The Bertz CT molecular complexity index is 68.2. The Balaban J connectivity index is 3.68. The van der Waals surface area contributed by atoms with E-state index in [0.717, 1.165) is 5.23 Å². The highest BCUT2D eigenvalue weighted by atomic mass is 16.7. The lowest BCUT2D eigenvalue weighted by Gasteiger charge is -2.28. The molecule has 0 unspecified atom stereocenters. The lowest BCUT2D eigenvalue weighted by molar-refractivity contribution is -0.402. The van der Waals surface area contributed by atoms with E-state index in [1.807, 2.05) is 0 Å². The zero-order valence-corrected chi connectivity index (χ0v) is 5.74. The van der Waals surface area contributed by atoms with Gasteiger partial charge in [0.1, 0.15) is 0 Å². The molecule has 0 aliphatic carbocycles. The van der Waals surface area contributed by atoms with Crippen LogP contribution in [0.5, 0.6) is 0 Å². The van der Waals surface area contributed by atoms with Crippen molar-refractivity contribution in [2.24, 2.45) is 0 Å². The van der Waals surface area contributed by atoms with Crippen molar-refractivity contribution in [2.75, 3.05) is 21.1 Å². The summed E-state index contributed by atoms with van der Waals surface area (Å²) in [5, 5.41) is 19.7. The van der Waals surface area contributed by atoms with Gasteiger partial charge in [-0.25, -0.2) is 5.43 Å². The first-order valence-corrected chi connectivity index (χ1v) is 2.42. The minimum atomic E-state index is 0.694. The summed E-state index contributed by atoms with van der Waals surface area (Å²) in [4.78, 5) is 0. The fraction of sp³-hybridized carbons (Fsp3) is 1.00. The van der Waals surface area contributed by atoms with Crippen LogP contribution in [-0.2, 0) is 0 Å². The second kappa shape index (κ2) is 3.72. The van der Waals surface area contributed by atoms with Gasteiger partial charge in [0.05, 0.1) is 0 Å². The number of nitrogens with zero attached hydrogens (tertiary/aromatic N) is 3. The molecule has 0 saturated heterocycles. The predicted octanol–water partition coefficient (Wildman–Crippen LogP) is -1.11. The normalized spacial score (nSPS) is 12.0. The van der Waals surface area contributed by atoms with Gasteiger partial charge in [-0.15, -0.1) is 0 Å². The molecule has 3 N–H and O–H groups in total. The SMILES string of the molecule is CNN(N(C)O)N(C)O. The van der Waals surface area contributed by atoms with Gasteiger partial charge in [-0.3, -0.25) is 10.4 Å². The molecule has 0 aliphatic heterocycles. The molecule has 0 fully saturated rings. The molecular weight excluding hydrogens is 124 g/mol. The lowest BCUT2D eigenvalue weighted by Crippen LogP contribution is -2.53. The summed E-state index contributed by atoms with van der Waals surface area (Å²) in [6, 6.07) is 0. The molecule has 6 heteroatoms. The van der Waals surface area contributed by atoms with Crippen LogP contribution < -0.4 is 5.43 Å². The van der Waals surface area contributed by atoms with E-state index >= 15 is 0 Å². The van der Waals surface area contributed by atoms with Crippen molar-refractivity contribution in [3.05, 3.63) is 0 Å². The quantitative estimate of drug-likeness (QED) is 0.428. The molecule has 0 amide bonds. The first-order valence-electron chi connectivity index (χ1n) is 2.42. The van der Waals surface area contributed by atoms with Crippen molar-refractivity contribution in [1.82, 2.24) is 21.0 Å². The van der Waals surface area contributed by atoms with Crippen LogP contribution in [-0.4, -0.2) is 47.1 Å². The Hall–Kier alpha value is -0.240. The standard InChI is InChI=1S/C3H12N4O2/c1-4-7(5(2)8)6(3)9/h4,8-9H,1-3H3. The average molecular weight is 136 g/mol. The number of hydrazine groups is 3. The molecule has 0 saturated carbocycles. The zero-order chi connectivity index (χ0) is 7.44. The van der Waals surface area contributed by atoms with Crippen molar-refractivity contribution in [3.8, 4) is 0 Å². The van der Waals surface area contributed by atoms with Crippen LogP contribution in [0.2, 0.25) is 0 Å². The van der Waals surface area contributed by atoms with Crippen LogP contribution in [0.25, 0.3) is 0 Å². The Morgan fingerprint density at radius 1 is 1.11 bits per heavy atom. The maximum atomic E-state index is 8.68. The molecule has 0 spiro atoms. The third-order valence-electron chi connectivity index (χ3n) is 0.748. The van der Waals surface area contributed by atoms with Crippen LogP contribution >= 0.6 is 0 Å². The molecule has 0 rings (SSSR count). The second-order valence-corrected chi connectivity index (χ2v) is 1.49. The highest BCUT2D eigenvalue weighted by molar-refractivity contribution is 4.16. The van der Waals surface area contributed by atoms with Crippen molar-refractivity contribution >= 4 is 0 Å². The molecular formula is C3H12N4O2. The van der Waals surface area contributed by atoms with E-state index < -0.39 is 0 Å². The molecule has 0 bridgehead atoms. The minimum Gasteiger partial charge on any atom is -0.297 e. The van der Waals surface area contributed by atoms with Gasteiger partial charge in [-0.05, 0) is 0 Å². The van der Waals surface area contributed by atoms with Gasteiger partial charge in [0.15, 0.2) is 0 Å². The molecule has 0 aromatic rings. The predicted molar refractivity (Wildman–Crippen MR) is 30.0 cm³/mol. The van der Waals surface area contributed by atoms with Crippen molar-refractivity contribution in [3.63, 3.8) is 0 Å². The third-order valence-corrected chi connectivity index (χ3v) is 0.748. The van der Waals surface area contributed by atoms with Crippen LogP contribution in [0.3, 0.4) is 0 Å². The van der Waals surface area contributed by atoms with E-state index in [4.69, 9.17) is 10.4 Å². The van der Waals surface area contributed by atoms with Gasteiger partial charge in [0.25, 0.3) is 0 Å². The Kier molecular flexibility index (Phi) is 3.62. The van der Waals surface area contributed by atoms with Crippen molar-refractivity contribution in [1.29, 1.82) is 0 Å². The molecule has 56 valence electrons. The van der Waals surface area contributed by atoms with E-state index in [9.17, 15) is 0 Å². The molecule has 9 heavy (non-hydrogen) atoms. The fourth-order valence-corrected chi connectivity index (χ4v) is 0.477. The molecule has 0 aromatic carbocycles. The van der Waals surface area contributed by atoms with Gasteiger partial charge >= 0.3 is 0 Å². The Morgan fingerprint density at radius 3 is 1.44 bits per heavy atom. The van der Waals surface area contributed by atoms with Crippen LogP contribution in [0, 0.1) is 0 Å². The van der Waals surface area contributed by atoms with Gasteiger partial charge in [-0.1, -0.05) is 15.6 Å². The van der Waals surface area contributed by atoms with E-state index in [0.29, 0.717) is 10.3 Å². The topological polar surface area (TPSA) is 62.2 Å². The van der Waals surface area contributed by atoms with E-state index in [1.54, 1.807) is 7.05 Å². The summed E-state index contributed by atoms with van der Waals surface area (Å²) in [6.45, 7) is 0. The highest BCUT2D eigenvalue weighted by Crippen LogP contribution is 1.84. The summed E-state index contributed by atoms with van der Waals surface area (Å²) in [5.41, 5.74) is 2.49. The minimum absolute atomic E-state index is 0.694. The summed E-state index contributed by atoms with van der Waals surface area (Å²) >= 11 is 0. The summed E-state index contributed by atoms with van der Waals surface area (Å²) in [5.74, 6) is 0. The molecule has 0 radical (unpaired) electrons. The van der Waals surface area contributed by atoms with Gasteiger partial charge in [0, 0.05) is 21.1 Å². The first-order chi connectivity index (χ1) is 4.09. The number of rotatable bonds is 3. The highest BCUT2D eigenvalue weighted by Gasteiger charge is 2.08. The van der Waals surface area contributed by atoms with Crippen LogP contribution in [0.15, 0.2) is 0 Å². The van der Waals surface area contributed by atoms with E-state index in [1.165, 1.54) is 14.1 Å². The zero-order valence-electron chi connectivity index (χ0n) is 5.74. The number of hydrogen-bond donors (Lipinski definition) is 3. The maximum absolute atomic E-state index is 8.68. The first kappa shape index (κ1) is 8.76. The van der Waals surface area contributed by atoms with E-state index in [2.05, 4.69) is 5.43 Å². The van der Waals surface area contributed by atoms with Crippen LogP contribution in [0.4, 0.5) is 0 Å². The maximum Gasteiger partial charge on any atom is 0.0317 e. The fourth-order valence-electron chi connectivity index (χ4n) is 0.477. The molecule has 0 atom stereocenters. The summed E-state index contributed by atoms with van der Waals surface area (Å²) in [6.07, 6.45) is 0. The molecule has 0 aliphatic rings. The Labute approximate surface area is 53.7 Å². The van der Waals surface area contributed by atoms with Crippen LogP contribution in [0.1, 0.15) is 0 Å². The summed E-state index contributed by atoms with van der Waals surface area (Å²) < 4.78 is 0. The molecule has 6 nitrogen and oxygen atoms in total. The number of hydroxylamine groups is 2. The smallest absolute Gasteiger partial charge is 0.0317 e.